The van der Waals surface area contributed by atoms with Gasteiger partial charge in [-0.2, -0.15) is 0 Å². The van der Waals surface area contributed by atoms with E-state index in [0.29, 0.717) is 0 Å². The number of benzene rings is 1. The normalized spacial score (nSPS) is 28.1. The van der Waals surface area contributed by atoms with E-state index >= 15 is 0 Å². The van der Waals surface area contributed by atoms with E-state index in [-0.39, 0.29) is 0 Å². The molecule has 1 aliphatic heterocycles. The van der Waals surface area contributed by atoms with E-state index < -0.39 is 0 Å². The van der Waals surface area contributed by atoms with Gasteiger partial charge >= 0.3 is 0 Å². The van der Waals surface area contributed by atoms with Gasteiger partial charge in [-0.15, -0.1) is 0 Å². The Labute approximate surface area is 112 Å². The monoisotopic (exact) mass is 293 g/mol. The third-order valence-electron chi connectivity index (χ3n) is 4.28. The maximum atomic E-state index is 3.63. The highest BCUT2D eigenvalue weighted by Crippen LogP contribution is 2.31. The largest absolute Gasteiger partial charge is 0.314 e. The molecule has 0 bridgehead atoms. The SMILES string of the molecule is Brc1ccc2c(c1)CC(CC1CCCN1)CC2. The Hall–Kier alpha value is -0.340. The van der Waals surface area contributed by atoms with Gasteiger partial charge in [0.2, 0.25) is 0 Å². The standard InChI is InChI=1S/C15H20BrN/c16-14-6-5-12-4-3-11(8-13(12)10-14)9-15-2-1-7-17-15/h5-6,10-11,15,17H,1-4,7-9H2. The van der Waals surface area contributed by atoms with Crippen molar-refractivity contribution in [2.24, 2.45) is 5.92 Å². The molecule has 2 atom stereocenters. The van der Waals surface area contributed by atoms with Crippen LogP contribution in [0.15, 0.2) is 22.7 Å². The van der Waals surface area contributed by atoms with Crippen LogP contribution in [-0.2, 0) is 12.8 Å². The first-order chi connectivity index (χ1) is 8.31. The van der Waals surface area contributed by atoms with Gasteiger partial charge in [0.25, 0.3) is 0 Å². The van der Waals surface area contributed by atoms with E-state index in [1.807, 2.05) is 0 Å². The number of hydrogen-bond acceptors (Lipinski definition) is 1. The Balaban J connectivity index is 1.67. The molecule has 0 aromatic heterocycles. The number of aryl methyl sites for hydroxylation is 1. The van der Waals surface area contributed by atoms with E-state index in [0.717, 1.165) is 12.0 Å². The van der Waals surface area contributed by atoms with E-state index in [9.17, 15) is 0 Å². The first kappa shape index (κ1) is 11.7. The van der Waals surface area contributed by atoms with Gasteiger partial charge in [0.15, 0.2) is 0 Å². The zero-order valence-corrected chi connectivity index (χ0v) is 11.8. The van der Waals surface area contributed by atoms with Gasteiger partial charge in [-0.25, -0.2) is 0 Å². The van der Waals surface area contributed by atoms with Crippen LogP contribution in [0.4, 0.5) is 0 Å². The lowest BCUT2D eigenvalue weighted by Gasteiger charge is -2.27. The summed E-state index contributed by atoms with van der Waals surface area (Å²) in [4.78, 5) is 0. The summed E-state index contributed by atoms with van der Waals surface area (Å²) in [5.41, 5.74) is 3.15. The number of rotatable bonds is 2. The van der Waals surface area contributed by atoms with E-state index in [1.165, 1.54) is 49.5 Å². The minimum atomic E-state index is 0.800. The highest BCUT2D eigenvalue weighted by Gasteiger charge is 2.23. The number of nitrogens with one attached hydrogen (secondary N) is 1. The summed E-state index contributed by atoms with van der Waals surface area (Å²) in [5.74, 6) is 0.896. The van der Waals surface area contributed by atoms with Crippen LogP contribution in [0.5, 0.6) is 0 Å². The van der Waals surface area contributed by atoms with Gasteiger partial charge in [0.05, 0.1) is 0 Å². The Morgan fingerprint density at radius 2 is 2.18 bits per heavy atom. The van der Waals surface area contributed by atoms with Crippen LogP contribution in [-0.4, -0.2) is 12.6 Å². The van der Waals surface area contributed by atoms with Gasteiger partial charge in [-0.05, 0) is 74.2 Å². The minimum absolute atomic E-state index is 0.800. The summed E-state index contributed by atoms with van der Waals surface area (Å²) >= 11 is 3.59. The molecule has 0 amide bonds. The average molecular weight is 294 g/mol. The van der Waals surface area contributed by atoms with Crippen LogP contribution in [0, 0.1) is 5.92 Å². The first-order valence-corrected chi connectivity index (χ1v) is 7.61. The van der Waals surface area contributed by atoms with Gasteiger partial charge in [-0.3, -0.25) is 0 Å². The topological polar surface area (TPSA) is 12.0 Å². The molecule has 0 spiro atoms. The predicted octanol–water partition coefficient (Wildman–Crippen LogP) is 3.70. The quantitative estimate of drug-likeness (QED) is 0.877. The molecule has 1 N–H and O–H groups in total. The van der Waals surface area contributed by atoms with Gasteiger partial charge in [0.1, 0.15) is 0 Å². The van der Waals surface area contributed by atoms with E-state index in [2.05, 4.69) is 39.4 Å². The summed E-state index contributed by atoms with van der Waals surface area (Å²) in [7, 11) is 0. The molecule has 1 saturated heterocycles. The first-order valence-electron chi connectivity index (χ1n) is 6.82. The Bertz CT molecular complexity index is 396. The van der Waals surface area contributed by atoms with Crippen molar-refractivity contribution in [3.8, 4) is 0 Å². The summed E-state index contributed by atoms with van der Waals surface area (Å²) < 4.78 is 1.23. The lowest BCUT2D eigenvalue weighted by Crippen LogP contribution is -2.27. The molecule has 2 unspecified atom stereocenters. The van der Waals surface area contributed by atoms with Crippen LogP contribution in [0.3, 0.4) is 0 Å². The second-order valence-electron chi connectivity index (χ2n) is 5.55. The summed E-state index contributed by atoms with van der Waals surface area (Å²) in [6, 6.07) is 7.60. The summed E-state index contributed by atoms with van der Waals surface area (Å²) in [6.45, 7) is 1.24. The van der Waals surface area contributed by atoms with Crippen molar-refractivity contribution in [3.63, 3.8) is 0 Å². The highest BCUT2D eigenvalue weighted by molar-refractivity contribution is 9.10. The number of halogens is 1. The lowest BCUT2D eigenvalue weighted by molar-refractivity contribution is 0.372. The molecule has 92 valence electrons. The fraction of sp³-hybridized carbons (Fsp3) is 0.600. The molecule has 17 heavy (non-hydrogen) atoms. The molecule has 1 heterocycles. The van der Waals surface area contributed by atoms with Crippen LogP contribution < -0.4 is 5.32 Å². The van der Waals surface area contributed by atoms with Crippen LogP contribution >= 0.6 is 15.9 Å². The average Bonchev–Trinajstić information content (AvgIpc) is 2.81. The maximum absolute atomic E-state index is 3.63. The fourth-order valence-corrected chi connectivity index (χ4v) is 3.77. The Morgan fingerprint density at radius 1 is 1.24 bits per heavy atom. The zero-order chi connectivity index (χ0) is 11.7. The number of hydrogen-bond donors (Lipinski definition) is 1. The van der Waals surface area contributed by atoms with Crippen LogP contribution in [0.2, 0.25) is 0 Å². The lowest BCUT2D eigenvalue weighted by atomic mass is 9.80. The molecule has 3 rings (SSSR count). The highest BCUT2D eigenvalue weighted by atomic mass is 79.9. The second-order valence-corrected chi connectivity index (χ2v) is 6.47. The van der Waals surface area contributed by atoms with E-state index in [4.69, 9.17) is 0 Å². The number of fused-ring (bicyclic) bond motifs is 1. The van der Waals surface area contributed by atoms with Crippen molar-refractivity contribution in [1.29, 1.82) is 0 Å². The Kier molecular flexibility index (Phi) is 3.53. The third-order valence-corrected chi connectivity index (χ3v) is 4.77. The molecule has 2 aliphatic rings. The van der Waals surface area contributed by atoms with Gasteiger partial charge < -0.3 is 5.32 Å². The Morgan fingerprint density at radius 3 is 3.00 bits per heavy atom. The van der Waals surface area contributed by atoms with Crippen molar-refractivity contribution in [2.75, 3.05) is 6.54 Å². The molecule has 2 heteroatoms. The van der Waals surface area contributed by atoms with Crippen LogP contribution in [0.25, 0.3) is 0 Å². The third kappa shape index (κ3) is 2.74. The van der Waals surface area contributed by atoms with Crippen molar-refractivity contribution in [3.05, 3.63) is 33.8 Å². The minimum Gasteiger partial charge on any atom is -0.314 e. The molecule has 1 aliphatic carbocycles. The fourth-order valence-electron chi connectivity index (χ4n) is 3.36. The molecule has 1 aromatic rings. The van der Waals surface area contributed by atoms with Crippen LogP contribution in [0.1, 0.15) is 36.8 Å². The smallest absolute Gasteiger partial charge is 0.0178 e. The van der Waals surface area contributed by atoms with Gasteiger partial charge in [-0.1, -0.05) is 22.0 Å². The second kappa shape index (κ2) is 5.11. The molecule has 0 saturated carbocycles. The molecule has 1 aromatic carbocycles. The van der Waals surface area contributed by atoms with Crippen molar-refractivity contribution >= 4 is 15.9 Å². The molecule has 1 nitrogen and oxygen atoms in total. The summed E-state index contributed by atoms with van der Waals surface area (Å²) in [5, 5.41) is 3.63. The van der Waals surface area contributed by atoms with Crippen molar-refractivity contribution < 1.29 is 0 Å². The van der Waals surface area contributed by atoms with Crippen molar-refractivity contribution in [1.82, 2.24) is 5.32 Å². The molecular formula is C15H20BrN. The van der Waals surface area contributed by atoms with Gasteiger partial charge in [0, 0.05) is 10.5 Å². The zero-order valence-electron chi connectivity index (χ0n) is 10.2. The van der Waals surface area contributed by atoms with E-state index in [1.54, 1.807) is 11.1 Å². The molecular weight excluding hydrogens is 274 g/mol. The predicted molar refractivity (Wildman–Crippen MR) is 75.3 cm³/mol. The summed E-state index contributed by atoms with van der Waals surface area (Å²) in [6.07, 6.45) is 8.09. The molecule has 1 fully saturated rings. The van der Waals surface area contributed by atoms with Crippen molar-refractivity contribution in [2.45, 2.75) is 44.6 Å². The molecule has 0 radical (unpaired) electrons. The maximum Gasteiger partial charge on any atom is 0.0178 e.